The van der Waals surface area contributed by atoms with Crippen LogP contribution in [0.15, 0.2) is 45.9 Å². The van der Waals surface area contributed by atoms with Gasteiger partial charge in [-0.3, -0.25) is 24.4 Å². The second-order valence-corrected chi connectivity index (χ2v) is 17.4. The lowest BCUT2D eigenvalue weighted by Crippen LogP contribution is -2.40. The predicted molar refractivity (Wildman–Crippen MR) is 224 cm³/mol. The number of phenolic OH excluding ortho intramolecular Hbond substituents is 2. The molecule has 0 aliphatic carbocycles. The standard InChI is InChI=1S/C46H62N4O8/c1-10-57-44-29(7)41(54)36-35-34(44)33(52)17-12-11-15-25(3)43(58-30(8)51)28(6)40(53)27(5)22-24(2)14-13-16-26(4)45(56)47-39(42(36)55)38-37(35)48-46(49-38)21-20-31-18-19-32(23-46)50(31)9/h11-14,16,24-25,27-28,31-32,40,43,53-55H,10,15,17-23H2,1-9H3,(H,47,56)/b12-11+,14-13+,26-16-/t24-,25+,27+,28+,31+,32-,40+,43+,46+/m0/s1. The van der Waals surface area contributed by atoms with Gasteiger partial charge in [0.2, 0.25) is 0 Å². The number of rotatable bonds is 3. The van der Waals surface area contributed by atoms with Crippen LogP contribution in [0.2, 0.25) is 0 Å². The number of hydrogen-bond donors (Lipinski definition) is 4. The first kappa shape index (κ1) is 43.0. The van der Waals surface area contributed by atoms with Gasteiger partial charge in [-0.25, -0.2) is 0 Å². The molecule has 4 aliphatic rings. The zero-order valence-corrected chi connectivity index (χ0v) is 35.6. The Morgan fingerprint density at radius 2 is 1.69 bits per heavy atom. The third-order valence-electron chi connectivity index (χ3n) is 13.1. The number of carbonyl (C=O) groups excluding carboxylic acids is 3. The molecule has 4 aliphatic heterocycles. The number of esters is 1. The smallest absolute Gasteiger partial charge is 0.302 e. The number of fused-ring (bicyclic) bond motifs is 2. The first-order chi connectivity index (χ1) is 27.5. The fourth-order valence-electron chi connectivity index (χ4n) is 9.78. The molecule has 2 aromatic carbocycles. The van der Waals surface area contributed by atoms with E-state index in [0.29, 0.717) is 42.7 Å². The molecule has 0 saturated carbocycles. The molecule has 6 rings (SSSR count). The van der Waals surface area contributed by atoms with Gasteiger partial charge >= 0.3 is 5.97 Å². The monoisotopic (exact) mass is 798 g/mol. The molecule has 2 aromatic rings. The molecule has 12 nitrogen and oxygen atoms in total. The van der Waals surface area contributed by atoms with Crippen molar-refractivity contribution >= 4 is 34.1 Å². The molecule has 4 heterocycles. The van der Waals surface area contributed by atoms with Crippen LogP contribution in [-0.2, 0) is 14.3 Å². The fourth-order valence-corrected chi connectivity index (χ4v) is 9.78. The Kier molecular flexibility index (Phi) is 12.9. The highest BCUT2D eigenvalue weighted by atomic mass is 16.5. The molecule has 0 aromatic heterocycles. The van der Waals surface area contributed by atoms with E-state index in [1.54, 1.807) is 32.9 Å². The van der Waals surface area contributed by atoms with E-state index in [0.717, 1.165) is 19.3 Å². The number of hydrogen-bond acceptors (Lipinski definition) is 11. The summed E-state index contributed by atoms with van der Waals surface area (Å²) in [6.07, 6.45) is 13.2. The van der Waals surface area contributed by atoms with E-state index in [1.165, 1.54) is 6.92 Å². The molecule has 0 radical (unpaired) electrons. The minimum atomic E-state index is -0.894. The summed E-state index contributed by atoms with van der Waals surface area (Å²) in [6, 6.07) is 0.647. The number of Topliss-reactive ketones (excluding diaryl/α,β-unsaturated/α-hetero) is 1. The molecule has 12 heteroatoms. The number of ether oxygens (including phenoxy) is 2. The highest BCUT2D eigenvalue weighted by Gasteiger charge is 2.45. The minimum absolute atomic E-state index is 0.00107. The average Bonchev–Trinajstić information content (AvgIpc) is 3.68. The van der Waals surface area contributed by atoms with Crippen LogP contribution in [0, 0.1) is 30.6 Å². The van der Waals surface area contributed by atoms with E-state index in [4.69, 9.17) is 19.5 Å². The molecule has 58 heavy (non-hydrogen) atoms. The van der Waals surface area contributed by atoms with Crippen molar-refractivity contribution in [2.24, 2.45) is 33.7 Å². The third kappa shape index (κ3) is 8.32. The van der Waals surface area contributed by atoms with E-state index in [2.05, 4.69) is 17.3 Å². The van der Waals surface area contributed by atoms with Crippen LogP contribution >= 0.6 is 0 Å². The molecule has 2 saturated heterocycles. The number of nitrogens with zero attached hydrogens (tertiary/aromatic N) is 3. The van der Waals surface area contributed by atoms with Gasteiger partial charge in [0.25, 0.3) is 5.91 Å². The van der Waals surface area contributed by atoms with Crippen molar-refractivity contribution in [1.29, 1.82) is 0 Å². The number of ketones is 1. The molecule has 314 valence electrons. The van der Waals surface area contributed by atoms with E-state index in [1.807, 2.05) is 45.9 Å². The Morgan fingerprint density at radius 1 is 0.983 bits per heavy atom. The maximum Gasteiger partial charge on any atom is 0.302 e. The average molecular weight is 799 g/mol. The zero-order valence-electron chi connectivity index (χ0n) is 35.6. The molecular weight excluding hydrogens is 737 g/mol. The van der Waals surface area contributed by atoms with Crippen LogP contribution in [-0.4, -0.2) is 81.5 Å². The number of allylic oxidation sites excluding steroid dienone is 5. The second kappa shape index (κ2) is 17.4. The lowest BCUT2D eigenvalue weighted by molar-refractivity contribution is -0.156. The number of amides is 1. The molecule has 1 spiro atoms. The van der Waals surface area contributed by atoms with Gasteiger partial charge in [-0.05, 0) is 84.1 Å². The fraction of sp³-hybridized carbons (Fsp3) is 0.587. The largest absolute Gasteiger partial charge is 0.507 e. The van der Waals surface area contributed by atoms with Gasteiger partial charge in [-0.15, -0.1) is 0 Å². The second-order valence-electron chi connectivity index (χ2n) is 17.4. The minimum Gasteiger partial charge on any atom is -0.507 e. The predicted octanol–water partition coefficient (Wildman–Crippen LogP) is 6.75. The van der Waals surface area contributed by atoms with Crippen molar-refractivity contribution in [3.8, 4) is 17.2 Å². The summed E-state index contributed by atoms with van der Waals surface area (Å²) in [7, 11) is 2.15. The summed E-state index contributed by atoms with van der Waals surface area (Å²) in [5.74, 6) is -2.32. The van der Waals surface area contributed by atoms with Crippen LogP contribution in [0.3, 0.4) is 0 Å². The van der Waals surface area contributed by atoms with Crippen LogP contribution in [0.5, 0.6) is 17.2 Å². The number of aliphatic hydroxyl groups is 1. The highest BCUT2D eigenvalue weighted by Crippen LogP contribution is 2.47. The first-order valence-corrected chi connectivity index (χ1v) is 21.1. The Morgan fingerprint density at radius 3 is 2.40 bits per heavy atom. The number of nitrogens with one attached hydrogen (secondary N) is 1. The number of carbonyl (C=O) groups is 3. The lowest BCUT2D eigenvalue weighted by Gasteiger charge is -2.34. The van der Waals surface area contributed by atoms with E-state index < -0.39 is 35.5 Å². The van der Waals surface area contributed by atoms with E-state index in [-0.39, 0.29) is 93.0 Å². The van der Waals surface area contributed by atoms with Gasteiger partial charge in [0.1, 0.15) is 28.6 Å². The van der Waals surface area contributed by atoms with Crippen molar-refractivity contribution in [3.05, 3.63) is 57.8 Å². The van der Waals surface area contributed by atoms with Gasteiger partial charge in [0, 0.05) is 54.3 Å². The van der Waals surface area contributed by atoms with Crippen molar-refractivity contribution in [2.45, 2.75) is 137 Å². The molecule has 9 atom stereocenters. The number of phenols is 2. The number of aromatic hydroxyl groups is 2. The number of aliphatic hydroxyl groups excluding tert-OH is 1. The Balaban J connectivity index is 1.56. The lowest BCUT2D eigenvalue weighted by atomic mass is 9.80. The normalized spacial score (nSPS) is 33.1. The van der Waals surface area contributed by atoms with Crippen LogP contribution < -0.4 is 20.8 Å². The van der Waals surface area contributed by atoms with Crippen molar-refractivity contribution in [1.82, 2.24) is 4.90 Å². The van der Waals surface area contributed by atoms with Crippen LogP contribution in [0.1, 0.15) is 116 Å². The summed E-state index contributed by atoms with van der Waals surface area (Å²) in [5.41, 5.74) is -0.0518. The zero-order chi connectivity index (χ0) is 42.2. The molecule has 1 amide bonds. The Labute approximate surface area is 341 Å². The number of benzene rings is 2. The molecule has 4 bridgehead atoms. The summed E-state index contributed by atoms with van der Waals surface area (Å²) in [5, 5.41) is 39.3. The summed E-state index contributed by atoms with van der Waals surface area (Å²) in [4.78, 5) is 53.9. The van der Waals surface area contributed by atoms with Gasteiger partial charge in [-0.2, -0.15) is 0 Å². The van der Waals surface area contributed by atoms with Crippen molar-refractivity contribution < 1.29 is 39.2 Å². The van der Waals surface area contributed by atoms with Gasteiger partial charge in [0.05, 0.1) is 29.0 Å². The summed E-state index contributed by atoms with van der Waals surface area (Å²) in [6.45, 7) is 14.6. The number of anilines is 1. The van der Waals surface area contributed by atoms with Crippen molar-refractivity contribution in [3.63, 3.8) is 0 Å². The quantitative estimate of drug-likeness (QED) is 0.149. The van der Waals surface area contributed by atoms with Crippen LogP contribution in [0.4, 0.5) is 5.69 Å². The molecule has 0 unspecified atom stereocenters. The SMILES string of the molecule is CCOc1c(C)c(O)c2c(O)c3c4c(c2c1C(=O)C/C=C/C[C@@H](C)[C@@H](OC(C)=O)[C@H](C)[C@H](O)[C@H](C)C[C@@H](C)/C=C/C=C(/C)C(=O)N3)=N[C@]1(CC[C@H]2CC[C@@H](C1)N2C)N=4. The maximum absolute atomic E-state index is 14.6. The third-order valence-corrected chi connectivity index (χ3v) is 13.1. The topological polar surface area (TPSA) is 170 Å². The highest BCUT2D eigenvalue weighted by molar-refractivity contribution is 6.16. The molecular formula is C46H62N4O8. The Bertz CT molecular complexity index is 2180. The van der Waals surface area contributed by atoms with Crippen molar-refractivity contribution in [2.75, 3.05) is 19.0 Å². The summed E-state index contributed by atoms with van der Waals surface area (Å²) < 4.78 is 11.9. The maximum atomic E-state index is 14.6. The summed E-state index contributed by atoms with van der Waals surface area (Å²) >= 11 is 0. The molecule has 2 fully saturated rings. The molecule has 4 N–H and O–H groups in total. The Hall–Kier alpha value is -4.55. The van der Waals surface area contributed by atoms with Gasteiger partial charge < -0.3 is 35.0 Å². The van der Waals surface area contributed by atoms with Gasteiger partial charge in [0.15, 0.2) is 17.2 Å². The van der Waals surface area contributed by atoms with Gasteiger partial charge in [-0.1, -0.05) is 58.1 Å². The van der Waals surface area contributed by atoms with Crippen LogP contribution in [0.25, 0.3) is 10.8 Å². The van der Waals surface area contributed by atoms with E-state index in [9.17, 15) is 29.7 Å². The van der Waals surface area contributed by atoms with E-state index >= 15 is 0 Å². The first-order valence-electron chi connectivity index (χ1n) is 21.1.